The number of carbonyl (C=O) groups is 1. The van der Waals surface area contributed by atoms with Crippen molar-refractivity contribution < 1.29 is 32.9 Å². The van der Waals surface area contributed by atoms with Crippen LogP contribution in [0.25, 0.3) is 5.57 Å². The van der Waals surface area contributed by atoms with Crippen molar-refractivity contribution in [3.8, 4) is 11.8 Å². The molecule has 0 radical (unpaired) electrons. The highest BCUT2D eigenvalue weighted by Gasteiger charge is 2.47. The Hall–Kier alpha value is -3.15. The van der Waals surface area contributed by atoms with Crippen LogP contribution in [0.5, 0.6) is 5.75 Å². The van der Waals surface area contributed by atoms with Gasteiger partial charge in [0.25, 0.3) is 0 Å². The number of allylic oxidation sites excluding steroid dienone is 2. The van der Waals surface area contributed by atoms with E-state index >= 15 is 0 Å². The first-order chi connectivity index (χ1) is 15.0. The highest BCUT2D eigenvalue weighted by Crippen LogP contribution is 2.52. The van der Waals surface area contributed by atoms with Gasteiger partial charge in [-0.15, -0.1) is 0 Å². The molecule has 0 saturated heterocycles. The van der Waals surface area contributed by atoms with Gasteiger partial charge in [-0.3, -0.25) is 4.79 Å². The predicted molar refractivity (Wildman–Crippen MR) is 109 cm³/mol. The number of halogens is 3. The smallest absolute Gasteiger partial charge is 0.417 e. The van der Waals surface area contributed by atoms with Gasteiger partial charge in [0.15, 0.2) is 5.78 Å². The van der Waals surface area contributed by atoms with Gasteiger partial charge in [0.05, 0.1) is 23.8 Å². The Kier molecular flexibility index (Phi) is 5.15. The average molecular weight is 443 g/mol. The van der Waals surface area contributed by atoms with E-state index in [1.54, 1.807) is 24.3 Å². The summed E-state index contributed by atoms with van der Waals surface area (Å²) >= 11 is 0. The molecule has 0 bridgehead atoms. The van der Waals surface area contributed by atoms with Gasteiger partial charge in [-0.1, -0.05) is 19.9 Å². The molecule has 0 unspecified atom stereocenters. The molecule has 0 heterocycles. The summed E-state index contributed by atoms with van der Waals surface area (Å²) < 4.78 is 47.0. The van der Waals surface area contributed by atoms with Gasteiger partial charge >= 0.3 is 6.18 Å². The molecular weight excluding hydrogens is 423 g/mol. The number of Topliss-reactive ketones (excluding diaryl/α,β-unsaturated/α-hetero) is 1. The number of alkyl halides is 3. The number of aliphatic hydroxyl groups excluding tert-OH is 2. The lowest BCUT2D eigenvalue weighted by Gasteiger charge is -2.34. The van der Waals surface area contributed by atoms with E-state index in [1.807, 2.05) is 13.8 Å². The topological polar surface area (TPSA) is 90.6 Å². The molecule has 166 valence electrons. The molecule has 1 atom stereocenters. The average Bonchev–Trinajstić information content (AvgIpc) is 3.15. The molecule has 0 amide bonds. The fourth-order valence-electron chi connectivity index (χ4n) is 4.57. The molecule has 0 spiro atoms. The van der Waals surface area contributed by atoms with Crippen molar-refractivity contribution in [2.45, 2.75) is 38.0 Å². The van der Waals surface area contributed by atoms with Crippen molar-refractivity contribution in [3.63, 3.8) is 0 Å². The molecule has 2 N–H and O–H groups in total. The number of fused-ring (bicyclic) bond motifs is 3. The molecule has 0 fully saturated rings. The second-order valence-corrected chi connectivity index (χ2v) is 8.46. The zero-order valence-electron chi connectivity index (χ0n) is 17.4. The molecule has 0 aromatic heterocycles. The van der Waals surface area contributed by atoms with Crippen LogP contribution in [0.1, 0.15) is 52.0 Å². The highest BCUT2D eigenvalue weighted by atomic mass is 19.4. The number of nitrogens with zero attached hydrogens (tertiary/aromatic N) is 1. The van der Waals surface area contributed by atoms with Crippen molar-refractivity contribution in [3.05, 3.63) is 69.3 Å². The first-order valence-electron chi connectivity index (χ1n) is 9.98. The molecule has 8 heteroatoms. The second kappa shape index (κ2) is 7.47. The quantitative estimate of drug-likeness (QED) is 0.751. The highest BCUT2D eigenvalue weighted by molar-refractivity contribution is 6.33. The van der Waals surface area contributed by atoms with Crippen LogP contribution in [0.4, 0.5) is 13.2 Å². The molecule has 2 aromatic rings. The van der Waals surface area contributed by atoms with Gasteiger partial charge in [-0.25, -0.2) is 0 Å². The monoisotopic (exact) mass is 443 g/mol. The lowest BCUT2D eigenvalue weighted by atomic mass is 9.68. The number of benzene rings is 2. The van der Waals surface area contributed by atoms with Gasteiger partial charge in [-0.05, 0) is 52.9 Å². The van der Waals surface area contributed by atoms with Crippen molar-refractivity contribution in [2.75, 3.05) is 13.2 Å². The van der Waals surface area contributed by atoms with Crippen molar-refractivity contribution >= 4 is 11.4 Å². The fourth-order valence-corrected chi connectivity index (χ4v) is 4.57. The first kappa shape index (κ1) is 22.1. The number of hydrogen-bond donors (Lipinski definition) is 2. The Morgan fingerprint density at radius 1 is 1.22 bits per heavy atom. The minimum Gasteiger partial charge on any atom is -0.491 e. The number of carbonyl (C=O) groups excluding carboxylic acids is 1. The maximum absolute atomic E-state index is 13.8. The minimum atomic E-state index is -4.72. The molecular formula is C24H20F3NO4. The summed E-state index contributed by atoms with van der Waals surface area (Å²) in [5.41, 5.74) is -0.232. The third-order valence-corrected chi connectivity index (χ3v) is 6.19. The summed E-state index contributed by atoms with van der Waals surface area (Å²) in [5, 5.41) is 27.7. The summed E-state index contributed by atoms with van der Waals surface area (Å²) in [4.78, 5) is 13.4. The number of hydrogen-bond acceptors (Lipinski definition) is 5. The van der Waals surface area contributed by atoms with Crippen LogP contribution in [-0.2, 0) is 18.0 Å². The molecule has 0 aliphatic heterocycles. The van der Waals surface area contributed by atoms with Crippen LogP contribution < -0.4 is 4.74 Å². The standard InChI is InChI=1S/C24H20F3NO4/c1-23(2)18-7-14(32-11-13(30)10-29)4-6-16(18)22(31)20-15-5-3-12(9-28)21(24(25,26)27)17(15)8-19(20)23/h3-7,13,29-30H,8,10-11H2,1-2H3/t13-/m1/s1. The lowest BCUT2D eigenvalue weighted by Crippen LogP contribution is -2.30. The summed E-state index contributed by atoms with van der Waals surface area (Å²) in [6.07, 6.45) is -5.87. The normalized spacial score (nSPS) is 17.4. The second-order valence-electron chi connectivity index (χ2n) is 8.46. The third kappa shape index (κ3) is 3.29. The van der Waals surface area contributed by atoms with E-state index < -0.39 is 35.4 Å². The molecule has 2 aliphatic rings. The third-order valence-electron chi connectivity index (χ3n) is 6.19. The van der Waals surface area contributed by atoms with Crippen molar-refractivity contribution in [2.24, 2.45) is 0 Å². The van der Waals surface area contributed by atoms with Crippen LogP contribution in [0.2, 0.25) is 0 Å². The summed E-state index contributed by atoms with van der Waals surface area (Å²) in [6.45, 7) is 3.07. The number of ketones is 1. The van der Waals surface area contributed by atoms with E-state index in [2.05, 4.69) is 0 Å². The number of nitriles is 1. The lowest BCUT2D eigenvalue weighted by molar-refractivity contribution is -0.138. The Bertz CT molecular complexity index is 1200. The van der Waals surface area contributed by atoms with Gasteiger partial charge in [0, 0.05) is 16.6 Å². The van der Waals surface area contributed by atoms with E-state index in [4.69, 9.17) is 9.84 Å². The number of aliphatic hydroxyl groups is 2. The zero-order valence-corrected chi connectivity index (χ0v) is 17.4. The Labute approximate surface area is 182 Å². The predicted octanol–water partition coefficient (Wildman–Crippen LogP) is 3.79. The Balaban J connectivity index is 1.82. The largest absolute Gasteiger partial charge is 0.491 e. The maximum Gasteiger partial charge on any atom is 0.417 e. The van der Waals surface area contributed by atoms with Gasteiger partial charge < -0.3 is 14.9 Å². The fraction of sp³-hybridized carbons (Fsp3) is 0.333. The van der Waals surface area contributed by atoms with E-state index in [9.17, 15) is 28.3 Å². The van der Waals surface area contributed by atoms with Crippen LogP contribution in [-0.4, -0.2) is 35.3 Å². The Morgan fingerprint density at radius 2 is 1.91 bits per heavy atom. The number of rotatable bonds is 4. The summed E-state index contributed by atoms with van der Waals surface area (Å²) in [7, 11) is 0. The number of ether oxygens (including phenoxy) is 1. The summed E-state index contributed by atoms with van der Waals surface area (Å²) in [6, 6.07) is 8.94. The van der Waals surface area contributed by atoms with Gasteiger partial charge in [-0.2, -0.15) is 18.4 Å². The van der Waals surface area contributed by atoms with E-state index in [1.165, 1.54) is 6.07 Å². The minimum absolute atomic E-state index is 0.0432. The molecule has 0 saturated carbocycles. The van der Waals surface area contributed by atoms with Gasteiger partial charge in [0.1, 0.15) is 18.5 Å². The van der Waals surface area contributed by atoms with E-state index in [0.717, 1.165) is 6.07 Å². The first-order valence-corrected chi connectivity index (χ1v) is 9.98. The van der Waals surface area contributed by atoms with Crippen LogP contribution in [0, 0.1) is 11.3 Å². The summed E-state index contributed by atoms with van der Waals surface area (Å²) in [5.74, 6) is 0.00674. The molecule has 2 aromatic carbocycles. The van der Waals surface area contributed by atoms with Crippen LogP contribution in [0.3, 0.4) is 0 Å². The SMILES string of the molecule is CC1(C)C2=C(C(=O)c3ccc(OC[C@H](O)CO)cc31)c1ccc(C#N)c(C(F)(F)F)c1C2. The molecule has 2 aliphatic carbocycles. The zero-order chi connectivity index (χ0) is 23.4. The van der Waals surface area contributed by atoms with Crippen LogP contribution >= 0.6 is 0 Å². The van der Waals surface area contributed by atoms with Crippen molar-refractivity contribution in [1.82, 2.24) is 0 Å². The molecule has 32 heavy (non-hydrogen) atoms. The Morgan fingerprint density at radius 3 is 2.53 bits per heavy atom. The van der Waals surface area contributed by atoms with Crippen molar-refractivity contribution in [1.29, 1.82) is 5.26 Å². The van der Waals surface area contributed by atoms with E-state index in [-0.39, 0.29) is 35.5 Å². The molecule has 4 rings (SSSR count). The maximum atomic E-state index is 13.8. The van der Waals surface area contributed by atoms with Crippen LogP contribution in [0.15, 0.2) is 35.9 Å². The molecule has 5 nitrogen and oxygen atoms in total. The van der Waals surface area contributed by atoms with Gasteiger partial charge in [0.2, 0.25) is 0 Å². The van der Waals surface area contributed by atoms with E-state index in [0.29, 0.717) is 22.4 Å².